The minimum Gasteiger partial charge on any atom is -0.363 e. The Kier molecular flexibility index (Phi) is 3.22. The molecule has 0 radical (unpaired) electrons. The van der Waals surface area contributed by atoms with Gasteiger partial charge in [0.1, 0.15) is 5.60 Å². The van der Waals surface area contributed by atoms with Crippen molar-refractivity contribution in [3.8, 4) is 11.1 Å². The molecule has 23 heavy (non-hydrogen) atoms. The molecule has 1 heterocycles. The molecule has 0 atom stereocenters. The lowest BCUT2D eigenvalue weighted by atomic mass is 9.88. The van der Waals surface area contributed by atoms with Gasteiger partial charge in [0.2, 0.25) is 0 Å². The molecule has 2 aliphatic rings. The van der Waals surface area contributed by atoms with Crippen LogP contribution in [0.25, 0.3) is 16.7 Å². The second-order valence-electron chi connectivity index (χ2n) is 6.66. The van der Waals surface area contributed by atoms with Crippen LogP contribution in [-0.2, 0) is 16.0 Å². The Hall–Kier alpha value is -1.90. The second kappa shape index (κ2) is 5.05. The van der Waals surface area contributed by atoms with Crippen molar-refractivity contribution >= 4 is 23.0 Å². The van der Waals surface area contributed by atoms with Crippen molar-refractivity contribution < 1.29 is 9.53 Å². The van der Waals surface area contributed by atoms with Gasteiger partial charge >= 0.3 is 0 Å². The molecule has 0 amide bonds. The summed E-state index contributed by atoms with van der Waals surface area (Å²) in [6.07, 6.45) is 0.813. The van der Waals surface area contributed by atoms with Gasteiger partial charge in [0, 0.05) is 10.6 Å². The Morgan fingerprint density at radius 2 is 1.74 bits per heavy atom. The molecule has 2 nitrogen and oxygen atoms in total. The lowest BCUT2D eigenvalue weighted by Crippen LogP contribution is -2.39. The van der Waals surface area contributed by atoms with Crippen LogP contribution in [-0.4, -0.2) is 18.0 Å². The monoisotopic (exact) mass is 324 g/mol. The normalized spacial score (nSPS) is 18.8. The lowest BCUT2D eigenvalue weighted by Gasteiger charge is -2.30. The SMILES string of the molecule is CC1(C)OCC2=C(C1=O)c1cc(-c3ccc(Cl)cc3)ccc1C2. The molecule has 2 aromatic rings. The fraction of sp³-hybridized carbons (Fsp3) is 0.250. The van der Waals surface area contributed by atoms with Gasteiger partial charge in [-0.15, -0.1) is 0 Å². The molecule has 0 bridgehead atoms. The van der Waals surface area contributed by atoms with Crippen molar-refractivity contribution in [2.45, 2.75) is 25.9 Å². The molecule has 1 aliphatic carbocycles. The van der Waals surface area contributed by atoms with E-state index in [4.69, 9.17) is 16.3 Å². The summed E-state index contributed by atoms with van der Waals surface area (Å²) in [7, 11) is 0. The first-order chi connectivity index (χ1) is 11.0. The van der Waals surface area contributed by atoms with Gasteiger partial charge in [-0.25, -0.2) is 0 Å². The van der Waals surface area contributed by atoms with Gasteiger partial charge < -0.3 is 4.74 Å². The van der Waals surface area contributed by atoms with E-state index in [1.54, 1.807) is 0 Å². The van der Waals surface area contributed by atoms with E-state index in [9.17, 15) is 4.79 Å². The smallest absolute Gasteiger partial charge is 0.194 e. The zero-order chi connectivity index (χ0) is 16.2. The molecule has 0 aromatic heterocycles. The third kappa shape index (κ3) is 2.34. The molecule has 0 saturated heterocycles. The minimum atomic E-state index is -0.739. The van der Waals surface area contributed by atoms with E-state index >= 15 is 0 Å². The predicted octanol–water partition coefficient (Wildman–Crippen LogP) is 4.69. The zero-order valence-electron chi connectivity index (χ0n) is 13.2. The first kappa shape index (κ1) is 14.7. The number of hydrogen-bond donors (Lipinski definition) is 0. The summed E-state index contributed by atoms with van der Waals surface area (Å²) in [4.78, 5) is 12.8. The molecular weight excluding hydrogens is 308 g/mol. The molecule has 1 aliphatic heterocycles. The Balaban J connectivity index is 1.81. The van der Waals surface area contributed by atoms with Gasteiger partial charge in [-0.2, -0.15) is 0 Å². The predicted molar refractivity (Wildman–Crippen MR) is 92.6 cm³/mol. The zero-order valence-corrected chi connectivity index (χ0v) is 13.9. The van der Waals surface area contributed by atoms with Crippen LogP contribution in [0.4, 0.5) is 0 Å². The Bertz CT molecular complexity index is 844. The summed E-state index contributed by atoms with van der Waals surface area (Å²) in [6.45, 7) is 4.24. The molecule has 2 aromatic carbocycles. The van der Waals surface area contributed by atoms with Crippen LogP contribution in [0.3, 0.4) is 0 Å². The average molecular weight is 325 g/mol. The van der Waals surface area contributed by atoms with E-state index in [-0.39, 0.29) is 5.78 Å². The number of hydrogen-bond acceptors (Lipinski definition) is 2. The highest BCUT2D eigenvalue weighted by Crippen LogP contribution is 2.41. The summed E-state index contributed by atoms with van der Waals surface area (Å²) >= 11 is 5.97. The lowest BCUT2D eigenvalue weighted by molar-refractivity contribution is -0.134. The summed E-state index contributed by atoms with van der Waals surface area (Å²) in [5.41, 5.74) is 5.72. The largest absolute Gasteiger partial charge is 0.363 e. The number of halogens is 1. The molecule has 116 valence electrons. The van der Waals surface area contributed by atoms with Crippen molar-refractivity contribution in [2.24, 2.45) is 0 Å². The van der Waals surface area contributed by atoms with E-state index < -0.39 is 5.60 Å². The number of carbonyl (C=O) groups excluding carboxylic acids is 1. The third-order valence-electron chi connectivity index (χ3n) is 4.70. The number of ether oxygens (including phenoxy) is 1. The summed E-state index contributed by atoms with van der Waals surface area (Å²) in [5.74, 6) is 0.0887. The van der Waals surface area contributed by atoms with Gasteiger partial charge in [-0.1, -0.05) is 35.9 Å². The highest BCUT2D eigenvalue weighted by molar-refractivity contribution is 6.30. The van der Waals surface area contributed by atoms with Gasteiger partial charge in [0.25, 0.3) is 0 Å². The number of ketones is 1. The fourth-order valence-electron chi connectivity index (χ4n) is 3.33. The average Bonchev–Trinajstić information content (AvgIpc) is 2.90. The van der Waals surface area contributed by atoms with E-state index in [2.05, 4.69) is 18.2 Å². The summed E-state index contributed by atoms with van der Waals surface area (Å²) in [6, 6.07) is 14.1. The first-order valence-electron chi connectivity index (χ1n) is 7.76. The maximum Gasteiger partial charge on any atom is 0.194 e. The van der Waals surface area contributed by atoms with Gasteiger partial charge in [-0.3, -0.25) is 4.79 Å². The molecule has 0 fully saturated rings. The van der Waals surface area contributed by atoms with E-state index in [0.717, 1.165) is 39.3 Å². The van der Waals surface area contributed by atoms with Crippen LogP contribution >= 0.6 is 11.6 Å². The Labute approximate surface area is 140 Å². The first-order valence-corrected chi connectivity index (χ1v) is 8.13. The summed E-state index contributed by atoms with van der Waals surface area (Å²) in [5, 5.41) is 0.723. The number of Topliss-reactive ketones (excluding diaryl/α,β-unsaturated/α-hetero) is 1. The van der Waals surface area contributed by atoms with Crippen LogP contribution in [0.15, 0.2) is 48.0 Å². The van der Waals surface area contributed by atoms with Crippen LogP contribution in [0, 0.1) is 0 Å². The topological polar surface area (TPSA) is 26.3 Å². The number of rotatable bonds is 1. The molecule has 0 N–H and O–H groups in total. The number of fused-ring (bicyclic) bond motifs is 2. The maximum atomic E-state index is 12.8. The third-order valence-corrected chi connectivity index (χ3v) is 4.95. The van der Waals surface area contributed by atoms with E-state index in [1.165, 1.54) is 5.56 Å². The van der Waals surface area contributed by atoms with Crippen molar-refractivity contribution in [2.75, 3.05) is 6.61 Å². The van der Waals surface area contributed by atoms with Crippen LogP contribution in [0.5, 0.6) is 0 Å². The molecular formula is C20H17ClO2. The Morgan fingerprint density at radius 3 is 2.48 bits per heavy atom. The standard InChI is InChI=1S/C20H17ClO2/c1-20(2)19(22)18-15(11-23-20)9-14-4-3-13(10-17(14)18)12-5-7-16(21)8-6-12/h3-8,10H,9,11H2,1-2H3. The van der Waals surface area contributed by atoms with Crippen LogP contribution in [0.1, 0.15) is 25.0 Å². The van der Waals surface area contributed by atoms with Gasteiger partial charge in [0.05, 0.1) is 6.61 Å². The minimum absolute atomic E-state index is 0.0887. The molecule has 0 unspecified atom stereocenters. The molecule has 4 rings (SSSR count). The summed E-state index contributed by atoms with van der Waals surface area (Å²) < 4.78 is 5.73. The maximum absolute atomic E-state index is 12.8. The van der Waals surface area contributed by atoms with Crippen molar-refractivity contribution in [1.82, 2.24) is 0 Å². The van der Waals surface area contributed by atoms with Gasteiger partial charge in [-0.05, 0) is 66.3 Å². The van der Waals surface area contributed by atoms with Crippen molar-refractivity contribution in [3.63, 3.8) is 0 Å². The highest BCUT2D eigenvalue weighted by atomic mass is 35.5. The van der Waals surface area contributed by atoms with Crippen molar-refractivity contribution in [1.29, 1.82) is 0 Å². The second-order valence-corrected chi connectivity index (χ2v) is 7.10. The van der Waals surface area contributed by atoms with Crippen LogP contribution in [0.2, 0.25) is 5.02 Å². The number of benzene rings is 2. The highest BCUT2D eigenvalue weighted by Gasteiger charge is 2.40. The van der Waals surface area contributed by atoms with Crippen molar-refractivity contribution in [3.05, 3.63) is 64.2 Å². The van der Waals surface area contributed by atoms with E-state index in [1.807, 2.05) is 38.1 Å². The quantitative estimate of drug-likeness (QED) is 0.760. The van der Waals surface area contributed by atoms with Gasteiger partial charge in [0.15, 0.2) is 5.78 Å². The molecule has 0 spiro atoms. The molecule has 0 saturated carbocycles. The van der Waals surface area contributed by atoms with E-state index in [0.29, 0.717) is 6.61 Å². The van der Waals surface area contributed by atoms with Crippen LogP contribution < -0.4 is 0 Å². The molecule has 3 heteroatoms. The Morgan fingerprint density at radius 1 is 1.04 bits per heavy atom. The fourth-order valence-corrected chi connectivity index (χ4v) is 3.46. The number of carbonyl (C=O) groups is 1.